The number of rotatable bonds is 1. The Bertz CT molecular complexity index is 415. The Kier molecular flexibility index (Phi) is 2.78. The summed E-state index contributed by atoms with van der Waals surface area (Å²) >= 11 is 0. The normalized spacial score (nSPS) is 17.4. The van der Waals surface area contributed by atoms with Crippen molar-refractivity contribution < 1.29 is 13.2 Å². The maximum absolute atomic E-state index is 12.7. The largest absolute Gasteiger partial charge is 0.435 e. The molecule has 0 aliphatic heterocycles. The Morgan fingerprint density at radius 2 is 2.06 bits per heavy atom. The lowest BCUT2D eigenvalue weighted by Crippen LogP contribution is -2.09. The fourth-order valence-corrected chi connectivity index (χ4v) is 2.02. The maximum atomic E-state index is 12.7. The number of allylic oxidation sites excluding steroid dienone is 2. The second-order valence-corrected chi connectivity index (χ2v) is 4.04. The van der Waals surface area contributed by atoms with Gasteiger partial charge in [-0.15, -0.1) is 0 Å². The fourth-order valence-electron chi connectivity index (χ4n) is 2.02. The Balaban J connectivity index is 2.43. The molecule has 0 amide bonds. The van der Waals surface area contributed by atoms with Gasteiger partial charge < -0.3 is 0 Å². The third kappa shape index (κ3) is 2.13. The molecule has 1 aromatic heterocycles. The lowest BCUT2D eigenvalue weighted by molar-refractivity contribution is -0.141. The lowest BCUT2D eigenvalue weighted by atomic mass is 9.94. The summed E-state index contributed by atoms with van der Waals surface area (Å²) in [6.07, 6.45) is 2.59. The molecule has 1 aliphatic carbocycles. The first-order valence-electron chi connectivity index (χ1n) is 5.29. The summed E-state index contributed by atoms with van der Waals surface area (Å²) < 4.78 is 39.4. The van der Waals surface area contributed by atoms with Crippen LogP contribution in [0.2, 0.25) is 0 Å². The van der Waals surface area contributed by atoms with Gasteiger partial charge in [-0.25, -0.2) is 0 Å². The minimum Gasteiger partial charge on any atom is -0.275 e. The van der Waals surface area contributed by atoms with Crippen molar-refractivity contribution in [2.75, 3.05) is 0 Å². The zero-order valence-electron chi connectivity index (χ0n) is 9.01. The molecule has 16 heavy (non-hydrogen) atoms. The summed E-state index contributed by atoms with van der Waals surface area (Å²) in [5.41, 5.74) is 0.268. The summed E-state index contributed by atoms with van der Waals surface area (Å²) in [5, 5.41) is 3.51. The van der Waals surface area contributed by atoms with Crippen LogP contribution in [-0.4, -0.2) is 9.78 Å². The highest BCUT2D eigenvalue weighted by molar-refractivity contribution is 5.67. The van der Waals surface area contributed by atoms with Crippen LogP contribution >= 0.6 is 0 Å². The maximum Gasteiger partial charge on any atom is 0.435 e. The summed E-state index contributed by atoms with van der Waals surface area (Å²) in [7, 11) is 1.52. The van der Waals surface area contributed by atoms with Crippen molar-refractivity contribution in [3.05, 3.63) is 23.5 Å². The first kappa shape index (κ1) is 11.2. The van der Waals surface area contributed by atoms with E-state index in [0.717, 1.165) is 31.3 Å². The molecule has 2 nitrogen and oxygen atoms in total. The van der Waals surface area contributed by atoms with Crippen LogP contribution in [0.3, 0.4) is 0 Å². The van der Waals surface area contributed by atoms with E-state index in [2.05, 4.69) is 5.10 Å². The number of hydrogen-bond acceptors (Lipinski definition) is 1. The predicted molar refractivity (Wildman–Crippen MR) is 54.7 cm³/mol. The third-order valence-electron chi connectivity index (χ3n) is 2.73. The molecule has 1 aliphatic rings. The zero-order chi connectivity index (χ0) is 11.8. The van der Waals surface area contributed by atoms with Crippen LogP contribution in [-0.2, 0) is 13.2 Å². The molecule has 2 rings (SSSR count). The third-order valence-corrected chi connectivity index (χ3v) is 2.73. The monoisotopic (exact) mass is 230 g/mol. The van der Waals surface area contributed by atoms with E-state index in [1.807, 2.05) is 6.08 Å². The van der Waals surface area contributed by atoms with Crippen molar-refractivity contribution in [1.29, 1.82) is 0 Å². The van der Waals surface area contributed by atoms with Crippen molar-refractivity contribution in [1.82, 2.24) is 9.78 Å². The van der Waals surface area contributed by atoms with E-state index in [-0.39, 0.29) is 5.56 Å². The number of hydrogen-bond donors (Lipinski definition) is 0. The highest BCUT2D eigenvalue weighted by Gasteiger charge is 2.37. The summed E-state index contributed by atoms with van der Waals surface area (Å²) in [5.74, 6) is 0. The van der Waals surface area contributed by atoms with Gasteiger partial charge in [0.2, 0.25) is 0 Å². The Labute approximate surface area is 91.8 Å². The van der Waals surface area contributed by atoms with Gasteiger partial charge in [-0.05, 0) is 31.3 Å². The molecular weight excluding hydrogens is 217 g/mol. The van der Waals surface area contributed by atoms with E-state index < -0.39 is 11.9 Å². The molecule has 1 heterocycles. The van der Waals surface area contributed by atoms with Gasteiger partial charge >= 0.3 is 6.18 Å². The van der Waals surface area contributed by atoms with E-state index >= 15 is 0 Å². The van der Waals surface area contributed by atoms with Gasteiger partial charge in [0.25, 0.3) is 0 Å². The van der Waals surface area contributed by atoms with E-state index in [0.29, 0.717) is 0 Å². The van der Waals surface area contributed by atoms with Gasteiger partial charge in [-0.2, -0.15) is 18.3 Å². The summed E-state index contributed by atoms with van der Waals surface area (Å²) in [6, 6.07) is 0. The second-order valence-electron chi connectivity index (χ2n) is 4.04. The van der Waals surface area contributed by atoms with Crippen LogP contribution in [0.15, 0.2) is 12.3 Å². The van der Waals surface area contributed by atoms with Gasteiger partial charge in [0.1, 0.15) is 0 Å². The van der Waals surface area contributed by atoms with Crippen molar-refractivity contribution in [3.63, 3.8) is 0 Å². The van der Waals surface area contributed by atoms with Crippen LogP contribution in [0.4, 0.5) is 13.2 Å². The minimum absolute atomic E-state index is 0.245. The van der Waals surface area contributed by atoms with Gasteiger partial charge in [-0.1, -0.05) is 6.08 Å². The minimum atomic E-state index is -4.37. The molecule has 0 N–H and O–H groups in total. The zero-order valence-corrected chi connectivity index (χ0v) is 9.01. The second kappa shape index (κ2) is 3.96. The highest BCUT2D eigenvalue weighted by atomic mass is 19.4. The summed E-state index contributed by atoms with van der Waals surface area (Å²) in [6.45, 7) is 0. The molecule has 0 aromatic carbocycles. The molecule has 0 saturated heterocycles. The van der Waals surface area contributed by atoms with Crippen molar-refractivity contribution >= 4 is 5.57 Å². The molecule has 1 aromatic rings. The highest BCUT2D eigenvalue weighted by Crippen LogP contribution is 2.36. The Hall–Kier alpha value is -1.26. The van der Waals surface area contributed by atoms with Crippen molar-refractivity contribution in [2.45, 2.75) is 31.9 Å². The summed E-state index contributed by atoms with van der Waals surface area (Å²) in [4.78, 5) is 0. The smallest absolute Gasteiger partial charge is 0.275 e. The molecule has 5 heteroatoms. The fraction of sp³-hybridized carbons (Fsp3) is 0.545. The van der Waals surface area contributed by atoms with Gasteiger partial charge in [0.15, 0.2) is 5.69 Å². The van der Waals surface area contributed by atoms with Crippen LogP contribution in [0.25, 0.3) is 5.57 Å². The van der Waals surface area contributed by atoms with Gasteiger partial charge in [0.05, 0.1) is 0 Å². The average molecular weight is 230 g/mol. The van der Waals surface area contributed by atoms with Gasteiger partial charge in [0, 0.05) is 18.8 Å². The van der Waals surface area contributed by atoms with Crippen molar-refractivity contribution in [3.8, 4) is 0 Å². The average Bonchev–Trinajstić information content (AvgIpc) is 2.61. The molecule has 0 unspecified atom stereocenters. The number of aryl methyl sites for hydroxylation is 1. The molecule has 0 fully saturated rings. The van der Waals surface area contributed by atoms with E-state index in [4.69, 9.17) is 0 Å². The van der Waals surface area contributed by atoms with Crippen LogP contribution in [0, 0.1) is 0 Å². The molecule has 0 radical (unpaired) electrons. The predicted octanol–water partition coefficient (Wildman–Crippen LogP) is 3.40. The molecule has 0 bridgehead atoms. The standard InChI is InChI=1S/C11H13F3N2/c1-16-7-9(8-5-3-2-4-6-8)10(15-16)11(12,13)14/h5,7H,2-4,6H2,1H3. The molecule has 0 spiro atoms. The Morgan fingerprint density at radius 1 is 1.31 bits per heavy atom. The number of halogens is 3. The van der Waals surface area contributed by atoms with Crippen LogP contribution in [0.1, 0.15) is 36.9 Å². The Morgan fingerprint density at radius 3 is 2.62 bits per heavy atom. The topological polar surface area (TPSA) is 17.8 Å². The van der Waals surface area contributed by atoms with E-state index in [9.17, 15) is 13.2 Å². The van der Waals surface area contributed by atoms with Crippen LogP contribution in [0.5, 0.6) is 0 Å². The first-order valence-corrected chi connectivity index (χ1v) is 5.29. The van der Waals surface area contributed by atoms with E-state index in [1.54, 1.807) is 0 Å². The number of nitrogens with zero attached hydrogens (tertiary/aromatic N) is 2. The SMILES string of the molecule is Cn1cc(C2=CCCCC2)c(C(F)(F)F)n1. The van der Waals surface area contributed by atoms with Crippen LogP contribution < -0.4 is 0 Å². The van der Waals surface area contributed by atoms with Gasteiger partial charge in [-0.3, -0.25) is 4.68 Å². The molecule has 0 saturated carbocycles. The molecule has 0 atom stereocenters. The number of alkyl halides is 3. The molecular formula is C11H13F3N2. The molecule has 88 valence electrons. The first-order chi connectivity index (χ1) is 7.48. The number of aromatic nitrogens is 2. The lowest BCUT2D eigenvalue weighted by Gasteiger charge is -2.13. The van der Waals surface area contributed by atoms with Crippen molar-refractivity contribution in [2.24, 2.45) is 7.05 Å². The quantitative estimate of drug-likeness (QED) is 0.723. The van der Waals surface area contributed by atoms with E-state index in [1.165, 1.54) is 17.9 Å².